The van der Waals surface area contributed by atoms with Gasteiger partial charge in [-0.1, -0.05) is 60.7 Å². The maximum absolute atomic E-state index is 4.26. The van der Waals surface area contributed by atoms with Gasteiger partial charge in [0.25, 0.3) is 0 Å². The molecule has 6 rings (SSSR count). The molecule has 5 heteroatoms. The quantitative estimate of drug-likeness (QED) is 0.193. The molecule has 0 fully saturated rings. The van der Waals surface area contributed by atoms with E-state index in [1.54, 1.807) is 0 Å². The van der Waals surface area contributed by atoms with Crippen LogP contribution in [0, 0.1) is 3.70 Å². The van der Waals surface area contributed by atoms with E-state index in [-0.39, 0.29) is 0 Å². The molecule has 31 heavy (non-hydrogen) atoms. The van der Waals surface area contributed by atoms with E-state index in [4.69, 9.17) is 0 Å². The maximum atomic E-state index is 4.26. The van der Waals surface area contributed by atoms with Crippen molar-refractivity contribution in [2.45, 2.75) is 0 Å². The summed E-state index contributed by atoms with van der Waals surface area (Å²) in [5.74, 6) is 0. The minimum atomic E-state index is 1.12. The molecular formula is C26H19IN4. The first-order chi connectivity index (χ1) is 15.3. The molecule has 0 unspecified atom stereocenters. The van der Waals surface area contributed by atoms with E-state index >= 15 is 0 Å². The maximum Gasteiger partial charge on any atom is 0.104 e. The first-order valence-electron chi connectivity index (χ1n) is 9.95. The molecule has 0 amide bonds. The first-order valence-corrected chi connectivity index (χ1v) is 11.0. The number of hydrogen-bond acceptors (Lipinski definition) is 2. The zero-order valence-electron chi connectivity index (χ0n) is 16.6. The van der Waals surface area contributed by atoms with E-state index in [9.17, 15) is 0 Å². The summed E-state index contributed by atoms with van der Waals surface area (Å²) in [5.41, 5.74) is 7.19. The Bertz CT molecular complexity index is 1440. The van der Waals surface area contributed by atoms with Crippen molar-refractivity contribution in [1.82, 2.24) is 19.2 Å². The average molecular weight is 514 g/mol. The molecule has 6 aromatic rings. The van der Waals surface area contributed by atoms with Crippen molar-refractivity contribution in [3.63, 3.8) is 0 Å². The highest BCUT2D eigenvalue weighted by Gasteiger charge is 2.03. The summed E-state index contributed by atoms with van der Waals surface area (Å²) in [6, 6.07) is 33.3. The minimum absolute atomic E-state index is 1.12. The van der Waals surface area contributed by atoms with Gasteiger partial charge in [-0.2, -0.15) is 10.2 Å². The molecule has 0 atom stereocenters. The number of aromatic nitrogens is 4. The molecule has 0 bridgehead atoms. The number of rotatable bonds is 2. The molecule has 150 valence electrons. The predicted molar refractivity (Wildman–Crippen MR) is 134 cm³/mol. The Kier molecular flexibility index (Phi) is 5.50. The molecule has 0 spiro atoms. The van der Waals surface area contributed by atoms with Crippen molar-refractivity contribution in [1.29, 1.82) is 0 Å². The van der Waals surface area contributed by atoms with Gasteiger partial charge >= 0.3 is 0 Å². The van der Waals surface area contributed by atoms with Crippen LogP contribution in [0.3, 0.4) is 0 Å². The summed E-state index contributed by atoms with van der Waals surface area (Å²) in [5, 5.41) is 8.43. The number of nitrogens with zero attached hydrogens (tertiary/aromatic N) is 4. The second-order valence-corrected chi connectivity index (χ2v) is 8.19. The molecule has 0 aliphatic heterocycles. The Morgan fingerprint density at radius 1 is 0.548 bits per heavy atom. The van der Waals surface area contributed by atoms with Crippen molar-refractivity contribution in [2.75, 3.05) is 0 Å². The lowest BCUT2D eigenvalue weighted by Crippen LogP contribution is -1.93. The molecule has 0 N–H and O–H groups in total. The smallest absolute Gasteiger partial charge is 0.104 e. The SMILES string of the molecule is Ic1cc(-c2ccccc2)cc2ccnn12.c1ccc(-c2ccn3nccc3c2)cc1. The van der Waals surface area contributed by atoms with Gasteiger partial charge < -0.3 is 0 Å². The van der Waals surface area contributed by atoms with Gasteiger partial charge in [-0.15, -0.1) is 0 Å². The zero-order valence-corrected chi connectivity index (χ0v) is 18.8. The lowest BCUT2D eigenvalue weighted by atomic mass is 10.1. The van der Waals surface area contributed by atoms with E-state index < -0.39 is 0 Å². The van der Waals surface area contributed by atoms with Gasteiger partial charge in [0.05, 0.1) is 17.2 Å². The van der Waals surface area contributed by atoms with Crippen LogP contribution >= 0.6 is 22.6 Å². The summed E-state index contributed by atoms with van der Waals surface area (Å²) in [7, 11) is 0. The summed E-state index contributed by atoms with van der Waals surface area (Å²) in [4.78, 5) is 0. The highest BCUT2D eigenvalue weighted by atomic mass is 127. The molecule has 0 aliphatic carbocycles. The molecule has 4 aromatic heterocycles. The fourth-order valence-corrected chi connectivity index (χ4v) is 4.26. The number of benzene rings is 2. The Balaban J connectivity index is 0.000000132. The van der Waals surface area contributed by atoms with E-state index in [2.05, 4.69) is 106 Å². The van der Waals surface area contributed by atoms with Crippen LogP contribution in [0.4, 0.5) is 0 Å². The van der Waals surface area contributed by atoms with Crippen LogP contribution in [0.5, 0.6) is 0 Å². The Morgan fingerprint density at radius 2 is 1.16 bits per heavy atom. The van der Waals surface area contributed by atoms with Gasteiger partial charge in [0.2, 0.25) is 0 Å². The predicted octanol–water partition coefficient (Wildman–Crippen LogP) is 6.61. The normalized spacial score (nSPS) is 10.7. The van der Waals surface area contributed by atoms with Crippen LogP contribution in [-0.4, -0.2) is 19.2 Å². The van der Waals surface area contributed by atoms with Crippen LogP contribution in [0.2, 0.25) is 0 Å². The molecule has 4 heterocycles. The van der Waals surface area contributed by atoms with Crippen molar-refractivity contribution in [3.8, 4) is 22.3 Å². The standard InChI is InChI=1S/C13H9IN2.C13H10N2/c14-13-9-11(10-4-2-1-3-5-10)8-12-6-7-15-16(12)13;1-2-4-11(5-3-1)12-7-9-15-13(10-12)6-8-14-15/h1-9H;1-10H. The molecule has 0 saturated heterocycles. The number of halogens is 1. The second kappa shape index (κ2) is 8.73. The first kappa shape index (κ1) is 19.5. The van der Waals surface area contributed by atoms with Gasteiger partial charge in [0.1, 0.15) is 3.70 Å². The highest BCUT2D eigenvalue weighted by Crippen LogP contribution is 2.23. The van der Waals surface area contributed by atoms with Crippen molar-refractivity contribution in [2.24, 2.45) is 0 Å². The van der Waals surface area contributed by atoms with Gasteiger partial charge in [0, 0.05) is 12.4 Å². The number of hydrogen-bond donors (Lipinski definition) is 0. The van der Waals surface area contributed by atoms with Gasteiger partial charge in [0.15, 0.2) is 0 Å². The van der Waals surface area contributed by atoms with E-state index in [0.29, 0.717) is 0 Å². The van der Waals surface area contributed by atoms with Crippen LogP contribution in [-0.2, 0) is 0 Å². The molecule has 0 aliphatic rings. The third kappa shape index (κ3) is 4.22. The van der Waals surface area contributed by atoms with Crippen LogP contribution < -0.4 is 0 Å². The zero-order chi connectivity index (χ0) is 21.0. The molecular weight excluding hydrogens is 495 g/mol. The Morgan fingerprint density at radius 3 is 1.90 bits per heavy atom. The number of pyridine rings is 2. The summed E-state index contributed by atoms with van der Waals surface area (Å²) in [6.07, 6.45) is 5.62. The third-order valence-corrected chi connectivity index (χ3v) is 5.83. The monoisotopic (exact) mass is 514 g/mol. The largest absolute Gasteiger partial charge is 0.241 e. The highest BCUT2D eigenvalue weighted by molar-refractivity contribution is 14.1. The van der Waals surface area contributed by atoms with Gasteiger partial charge in [-0.25, -0.2) is 9.03 Å². The average Bonchev–Trinajstić information content (AvgIpc) is 3.50. The lowest BCUT2D eigenvalue weighted by Gasteiger charge is -2.04. The van der Waals surface area contributed by atoms with Crippen LogP contribution in [0.15, 0.2) is 116 Å². The molecule has 4 nitrogen and oxygen atoms in total. The van der Waals surface area contributed by atoms with Crippen LogP contribution in [0.25, 0.3) is 33.3 Å². The number of fused-ring (bicyclic) bond motifs is 2. The van der Waals surface area contributed by atoms with Gasteiger partial charge in [-0.3, -0.25) is 0 Å². The van der Waals surface area contributed by atoms with Crippen molar-refractivity contribution in [3.05, 3.63) is 119 Å². The van der Waals surface area contributed by atoms with E-state index in [0.717, 1.165) is 14.7 Å². The fourth-order valence-electron chi connectivity index (χ4n) is 3.52. The lowest BCUT2D eigenvalue weighted by molar-refractivity contribution is 0.933. The Hall–Kier alpha value is -3.45. The summed E-state index contributed by atoms with van der Waals surface area (Å²) >= 11 is 2.31. The second-order valence-electron chi connectivity index (χ2n) is 7.08. The topological polar surface area (TPSA) is 34.6 Å². The van der Waals surface area contributed by atoms with E-state index in [1.165, 1.54) is 22.3 Å². The van der Waals surface area contributed by atoms with Crippen LogP contribution in [0.1, 0.15) is 0 Å². The molecule has 0 radical (unpaired) electrons. The minimum Gasteiger partial charge on any atom is -0.241 e. The summed E-state index contributed by atoms with van der Waals surface area (Å²) < 4.78 is 4.93. The molecule has 0 saturated carbocycles. The van der Waals surface area contributed by atoms with Crippen molar-refractivity contribution >= 4 is 33.6 Å². The summed E-state index contributed by atoms with van der Waals surface area (Å²) in [6.45, 7) is 0. The van der Waals surface area contributed by atoms with Gasteiger partial charge in [-0.05, 0) is 81.2 Å². The third-order valence-electron chi connectivity index (χ3n) is 5.07. The molecule has 2 aromatic carbocycles. The Labute approximate surface area is 193 Å². The van der Waals surface area contributed by atoms with Crippen molar-refractivity contribution < 1.29 is 0 Å². The fraction of sp³-hybridized carbons (Fsp3) is 0. The van der Waals surface area contributed by atoms with E-state index in [1.807, 2.05) is 51.9 Å².